The smallest absolute Gasteiger partial charge is 0.307 e. The Balaban J connectivity index is 1.80. The molecule has 6 nitrogen and oxygen atoms in total. The Morgan fingerprint density at radius 3 is 2.38 bits per heavy atom. The minimum atomic E-state index is -0.931. The summed E-state index contributed by atoms with van der Waals surface area (Å²) in [6.45, 7) is 3.33. The van der Waals surface area contributed by atoms with E-state index in [9.17, 15) is 14.4 Å². The van der Waals surface area contributed by atoms with Gasteiger partial charge in [-0.1, -0.05) is 12.1 Å². The molecule has 2 aliphatic rings. The number of hydrogen-bond acceptors (Lipinski definition) is 3. The SMILES string of the molecule is Cc1cccc(NC(=O)C2CCC2C(=O)O)c1C(=O)N1CCCC1. The molecule has 1 aromatic rings. The summed E-state index contributed by atoms with van der Waals surface area (Å²) >= 11 is 0. The Kier molecular flexibility index (Phi) is 4.55. The molecule has 2 atom stereocenters. The Morgan fingerprint density at radius 1 is 1.12 bits per heavy atom. The largest absolute Gasteiger partial charge is 0.481 e. The van der Waals surface area contributed by atoms with Crippen LogP contribution in [0.25, 0.3) is 0 Å². The number of aliphatic carboxylic acids is 1. The normalized spacial score (nSPS) is 22.8. The summed E-state index contributed by atoms with van der Waals surface area (Å²) in [6.07, 6.45) is 3.11. The molecular weight excluding hydrogens is 308 g/mol. The van der Waals surface area contributed by atoms with E-state index in [1.54, 1.807) is 17.0 Å². The topological polar surface area (TPSA) is 86.7 Å². The third-order valence-corrected chi connectivity index (χ3v) is 5.07. The fraction of sp³-hybridized carbons (Fsp3) is 0.500. The lowest BCUT2D eigenvalue weighted by atomic mass is 9.73. The lowest BCUT2D eigenvalue weighted by molar-refractivity contribution is -0.151. The van der Waals surface area contributed by atoms with E-state index < -0.39 is 17.8 Å². The van der Waals surface area contributed by atoms with E-state index in [0.29, 0.717) is 24.1 Å². The summed E-state index contributed by atoms with van der Waals surface area (Å²) < 4.78 is 0. The third-order valence-electron chi connectivity index (χ3n) is 5.07. The number of amides is 2. The number of aryl methyl sites for hydroxylation is 1. The minimum absolute atomic E-state index is 0.0655. The molecule has 2 unspecified atom stereocenters. The number of likely N-dealkylation sites (tertiary alicyclic amines) is 1. The van der Waals surface area contributed by atoms with Gasteiger partial charge in [-0.3, -0.25) is 14.4 Å². The van der Waals surface area contributed by atoms with Crippen LogP contribution in [0.2, 0.25) is 0 Å². The van der Waals surface area contributed by atoms with Gasteiger partial charge in [-0.15, -0.1) is 0 Å². The molecule has 1 heterocycles. The summed E-state index contributed by atoms with van der Waals surface area (Å²) in [5.74, 6) is -2.44. The van der Waals surface area contributed by atoms with E-state index in [1.807, 2.05) is 13.0 Å². The molecule has 2 N–H and O–H groups in total. The van der Waals surface area contributed by atoms with Gasteiger partial charge >= 0.3 is 5.97 Å². The van der Waals surface area contributed by atoms with Crippen molar-refractivity contribution < 1.29 is 19.5 Å². The highest BCUT2D eigenvalue weighted by molar-refractivity contribution is 6.06. The third kappa shape index (κ3) is 3.00. The van der Waals surface area contributed by atoms with Crippen molar-refractivity contribution in [2.45, 2.75) is 32.6 Å². The number of benzene rings is 1. The predicted octanol–water partition coefficient (Wildman–Crippen LogP) is 2.28. The molecule has 0 aromatic heterocycles. The second-order valence-electron chi connectivity index (χ2n) is 6.61. The van der Waals surface area contributed by atoms with Crippen molar-refractivity contribution in [3.8, 4) is 0 Å². The fourth-order valence-corrected chi connectivity index (χ4v) is 3.47. The molecule has 3 rings (SSSR count). The summed E-state index contributed by atoms with van der Waals surface area (Å²) in [5.41, 5.74) is 1.81. The maximum Gasteiger partial charge on any atom is 0.307 e. The number of carboxylic acid groups (broad SMARTS) is 1. The number of carboxylic acids is 1. The summed E-state index contributed by atoms with van der Waals surface area (Å²) in [7, 11) is 0. The van der Waals surface area contributed by atoms with Gasteiger partial charge in [0.15, 0.2) is 0 Å². The van der Waals surface area contributed by atoms with Crippen LogP contribution in [0.4, 0.5) is 5.69 Å². The summed E-state index contributed by atoms with van der Waals surface area (Å²) in [5, 5.41) is 11.9. The van der Waals surface area contributed by atoms with Gasteiger partial charge in [0.05, 0.1) is 23.1 Å². The van der Waals surface area contributed by atoms with Gasteiger partial charge in [-0.25, -0.2) is 0 Å². The number of carbonyl (C=O) groups is 3. The molecular formula is C18H22N2O4. The highest BCUT2D eigenvalue weighted by Gasteiger charge is 2.41. The van der Waals surface area contributed by atoms with Crippen LogP contribution in [0, 0.1) is 18.8 Å². The van der Waals surface area contributed by atoms with Crippen LogP contribution in [0.15, 0.2) is 18.2 Å². The van der Waals surface area contributed by atoms with Crippen molar-refractivity contribution in [3.05, 3.63) is 29.3 Å². The number of rotatable bonds is 4. The Labute approximate surface area is 140 Å². The second-order valence-corrected chi connectivity index (χ2v) is 6.61. The zero-order chi connectivity index (χ0) is 17.3. The molecule has 128 valence electrons. The van der Waals surface area contributed by atoms with Crippen molar-refractivity contribution >= 4 is 23.5 Å². The summed E-state index contributed by atoms with van der Waals surface area (Å²) in [4.78, 5) is 38.1. The summed E-state index contributed by atoms with van der Waals surface area (Å²) in [6, 6.07) is 5.35. The molecule has 0 bridgehead atoms. The van der Waals surface area contributed by atoms with E-state index in [2.05, 4.69) is 5.32 Å². The van der Waals surface area contributed by atoms with Gasteiger partial charge in [-0.2, -0.15) is 0 Å². The molecule has 1 aliphatic heterocycles. The lowest BCUT2D eigenvalue weighted by Gasteiger charge is -2.32. The molecule has 1 saturated heterocycles. The minimum Gasteiger partial charge on any atom is -0.481 e. The molecule has 1 aromatic carbocycles. The Bertz CT molecular complexity index is 680. The number of hydrogen-bond donors (Lipinski definition) is 2. The molecule has 1 aliphatic carbocycles. The maximum absolute atomic E-state index is 12.8. The molecule has 0 spiro atoms. The zero-order valence-electron chi connectivity index (χ0n) is 13.7. The monoisotopic (exact) mass is 330 g/mol. The van der Waals surface area contributed by atoms with Crippen LogP contribution < -0.4 is 5.32 Å². The van der Waals surface area contributed by atoms with Crippen LogP contribution in [0.3, 0.4) is 0 Å². The van der Waals surface area contributed by atoms with Crippen LogP contribution in [-0.2, 0) is 9.59 Å². The first-order valence-corrected chi connectivity index (χ1v) is 8.41. The van der Waals surface area contributed by atoms with Gasteiger partial charge in [0.25, 0.3) is 5.91 Å². The van der Waals surface area contributed by atoms with E-state index >= 15 is 0 Å². The Morgan fingerprint density at radius 2 is 1.79 bits per heavy atom. The van der Waals surface area contributed by atoms with Crippen molar-refractivity contribution in [1.82, 2.24) is 4.90 Å². The quantitative estimate of drug-likeness (QED) is 0.887. The first kappa shape index (κ1) is 16.5. The van der Waals surface area contributed by atoms with E-state index in [4.69, 9.17) is 5.11 Å². The van der Waals surface area contributed by atoms with Gasteiger partial charge in [0.2, 0.25) is 5.91 Å². The van der Waals surface area contributed by atoms with Gasteiger partial charge in [0.1, 0.15) is 0 Å². The number of carbonyl (C=O) groups excluding carboxylic acids is 2. The van der Waals surface area contributed by atoms with Crippen molar-refractivity contribution in [3.63, 3.8) is 0 Å². The zero-order valence-corrected chi connectivity index (χ0v) is 13.7. The first-order valence-electron chi connectivity index (χ1n) is 8.41. The second kappa shape index (κ2) is 6.63. The predicted molar refractivity (Wildman–Crippen MR) is 88.8 cm³/mol. The van der Waals surface area contributed by atoms with Crippen LogP contribution in [-0.4, -0.2) is 40.9 Å². The van der Waals surface area contributed by atoms with E-state index in [0.717, 1.165) is 31.5 Å². The Hall–Kier alpha value is -2.37. The van der Waals surface area contributed by atoms with Crippen LogP contribution in [0.5, 0.6) is 0 Å². The molecule has 0 radical (unpaired) electrons. The molecule has 6 heteroatoms. The highest BCUT2D eigenvalue weighted by Crippen LogP contribution is 2.36. The van der Waals surface area contributed by atoms with Crippen molar-refractivity contribution in [2.24, 2.45) is 11.8 Å². The van der Waals surface area contributed by atoms with Gasteiger partial charge in [-0.05, 0) is 44.2 Å². The van der Waals surface area contributed by atoms with Crippen LogP contribution >= 0.6 is 0 Å². The molecule has 1 saturated carbocycles. The number of nitrogens with one attached hydrogen (secondary N) is 1. The molecule has 2 fully saturated rings. The molecule has 24 heavy (non-hydrogen) atoms. The van der Waals surface area contributed by atoms with Crippen molar-refractivity contribution in [2.75, 3.05) is 18.4 Å². The van der Waals surface area contributed by atoms with Crippen molar-refractivity contribution in [1.29, 1.82) is 0 Å². The standard InChI is InChI=1S/C18H22N2O4/c1-11-5-4-6-14(15(11)17(22)20-9-2-3-10-20)19-16(21)12-7-8-13(12)18(23)24/h4-6,12-13H,2-3,7-10H2,1H3,(H,19,21)(H,23,24). The number of nitrogens with zero attached hydrogens (tertiary/aromatic N) is 1. The maximum atomic E-state index is 12.8. The van der Waals surface area contributed by atoms with Gasteiger partial charge in [0, 0.05) is 13.1 Å². The average molecular weight is 330 g/mol. The molecule has 2 amide bonds. The highest BCUT2D eigenvalue weighted by atomic mass is 16.4. The van der Waals surface area contributed by atoms with E-state index in [-0.39, 0.29) is 11.8 Å². The average Bonchev–Trinajstić information content (AvgIpc) is 2.99. The first-order chi connectivity index (χ1) is 11.5. The lowest BCUT2D eigenvalue weighted by Crippen LogP contribution is -2.41. The van der Waals surface area contributed by atoms with Gasteiger partial charge < -0.3 is 15.3 Å². The fourth-order valence-electron chi connectivity index (χ4n) is 3.47. The van der Waals surface area contributed by atoms with Crippen LogP contribution in [0.1, 0.15) is 41.6 Å². The van der Waals surface area contributed by atoms with E-state index in [1.165, 1.54) is 0 Å². The number of anilines is 1.